The van der Waals surface area contributed by atoms with E-state index in [1.54, 1.807) is 25.3 Å². The van der Waals surface area contributed by atoms with E-state index in [1.165, 1.54) is 0 Å². The number of hydrogen-bond donors (Lipinski definition) is 1. The third-order valence-electron chi connectivity index (χ3n) is 2.32. The summed E-state index contributed by atoms with van der Waals surface area (Å²) in [6, 6.07) is 5.26. The van der Waals surface area contributed by atoms with Crippen LogP contribution in [0.4, 0.5) is 0 Å². The van der Waals surface area contributed by atoms with Gasteiger partial charge >= 0.3 is 0 Å². The molecule has 0 radical (unpaired) electrons. The summed E-state index contributed by atoms with van der Waals surface area (Å²) in [5.41, 5.74) is 0.919. The van der Waals surface area contributed by atoms with Gasteiger partial charge in [0.15, 0.2) is 6.61 Å². The number of halogens is 1. The van der Waals surface area contributed by atoms with Crippen molar-refractivity contribution in [2.45, 2.75) is 19.9 Å². The molecule has 5 heteroatoms. The minimum atomic E-state index is -0.174. The van der Waals surface area contributed by atoms with Gasteiger partial charge in [-0.3, -0.25) is 4.79 Å². The molecule has 1 atom stereocenters. The van der Waals surface area contributed by atoms with E-state index in [1.807, 2.05) is 13.8 Å². The molecule has 0 aliphatic carbocycles. The fraction of sp³-hybridized carbons (Fsp3) is 0.462. The van der Waals surface area contributed by atoms with E-state index in [4.69, 9.17) is 21.1 Å². The Morgan fingerprint density at radius 1 is 1.50 bits per heavy atom. The molecule has 1 aromatic carbocycles. The smallest absolute Gasteiger partial charge is 0.258 e. The molecule has 18 heavy (non-hydrogen) atoms. The second-order valence-corrected chi connectivity index (χ2v) is 4.53. The number of carbonyl (C=O) groups is 1. The summed E-state index contributed by atoms with van der Waals surface area (Å²) in [6.45, 7) is 4.21. The summed E-state index contributed by atoms with van der Waals surface area (Å²) in [4.78, 5) is 11.5. The van der Waals surface area contributed by atoms with Crippen LogP contribution in [0.15, 0.2) is 18.2 Å². The number of amides is 1. The number of rotatable bonds is 6. The van der Waals surface area contributed by atoms with E-state index in [2.05, 4.69) is 5.32 Å². The van der Waals surface area contributed by atoms with E-state index in [0.29, 0.717) is 17.4 Å². The van der Waals surface area contributed by atoms with Crippen molar-refractivity contribution in [2.75, 3.05) is 20.3 Å². The van der Waals surface area contributed by atoms with Gasteiger partial charge in [0.2, 0.25) is 0 Å². The van der Waals surface area contributed by atoms with Crippen LogP contribution in [-0.4, -0.2) is 32.3 Å². The van der Waals surface area contributed by atoms with Crippen molar-refractivity contribution in [1.82, 2.24) is 5.32 Å². The van der Waals surface area contributed by atoms with E-state index >= 15 is 0 Å². The van der Waals surface area contributed by atoms with Crippen molar-refractivity contribution < 1.29 is 14.3 Å². The number of benzene rings is 1. The third-order valence-corrected chi connectivity index (χ3v) is 2.75. The van der Waals surface area contributed by atoms with Gasteiger partial charge in [-0.1, -0.05) is 11.6 Å². The molecule has 1 rings (SSSR count). The van der Waals surface area contributed by atoms with E-state index in [9.17, 15) is 4.79 Å². The molecule has 0 heterocycles. The largest absolute Gasteiger partial charge is 0.484 e. The maximum Gasteiger partial charge on any atom is 0.258 e. The Morgan fingerprint density at radius 2 is 2.22 bits per heavy atom. The first-order valence-electron chi connectivity index (χ1n) is 5.70. The van der Waals surface area contributed by atoms with Crippen molar-refractivity contribution in [2.24, 2.45) is 0 Å². The van der Waals surface area contributed by atoms with Crippen molar-refractivity contribution in [1.29, 1.82) is 0 Å². The number of aryl methyl sites for hydroxylation is 1. The Bertz CT molecular complexity index is 409. The van der Waals surface area contributed by atoms with Crippen LogP contribution < -0.4 is 10.1 Å². The maximum atomic E-state index is 11.5. The second kappa shape index (κ2) is 7.24. The molecule has 0 aliphatic rings. The number of carbonyl (C=O) groups excluding carboxylic acids is 1. The summed E-state index contributed by atoms with van der Waals surface area (Å²) >= 11 is 5.90. The van der Waals surface area contributed by atoms with Gasteiger partial charge in [0.05, 0.1) is 6.61 Å². The molecule has 0 aromatic heterocycles. The number of ether oxygens (including phenoxy) is 2. The summed E-state index contributed by atoms with van der Waals surface area (Å²) in [5.74, 6) is 0.457. The molecule has 0 aliphatic heterocycles. The highest BCUT2D eigenvalue weighted by molar-refractivity contribution is 6.31. The Hall–Kier alpha value is -1.26. The number of hydrogen-bond acceptors (Lipinski definition) is 3. The molecule has 0 spiro atoms. The van der Waals surface area contributed by atoms with E-state index in [0.717, 1.165) is 5.56 Å². The Kier molecular flexibility index (Phi) is 5.95. The molecule has 1 unspecified atom stereocenters. The maximum absolute atomic E-state index is 11.5. The number of nitrogens with one attached hydrogen (secondary N) is 1. The van der Waals surface area contributed by atoms with Gasteiger partial charge in [0.1, 0.15) is 5.75 Å². The average molecular weight is 272 g/mol. The van der Waals surface area contributed by atoms with E-state index < -0.39 is 0 Å². The van der Waals surface area contributed by atoms with Crippen LogP contribution in [0.2, 0.25) is 5.02 Å². The standard InChI is InChI=1S/C13H18ClNO3/c1-9-6-11(4-5-12(9)14)18-8-13(16)15-10(2)7-17-3/h4-6,10H,7-8H2,1-3H3,(H,15,16). The molecular formula is C13H18ClNO3. The van der Waals surface area contributed by atoms with Crippen LogP contribution in [0, 0.1) is 6.92 Å². The lowest BCUT2D eigenvalue weighted by Gasteiger charge is -2.13. The van der Waals surface area contributed by atoms with Crippen LogP contribution in [0.5, 0.6) is 5.75 Å². The zero-order valence-electron chi connectivity index (χ0n) is 10.8. The summed E-state index contributed by atoms with van der Waals surface area (Å²) in [7, 11) is 1.59. The second-order valence-electron chi connectivity index (χ2n) is 4.12. The van der Waals surface area contributed by atoms with Crippen molar-refractivity contribution in [3.8, 4) is 5.75 Å². The minimum absolute atomic E-state index is 0.0187. The lowest BCUT2D eigenvalue weighted by molar-refractivity contribution is -0.124. The van der Waals surface area contributed by atoms with Gasteiger partial charge in [0.25, 0.3) is 5.91 Å². The van der Waals surface area contributed by atoms with E-state index in [-0.39, 0.29) is 18.6 Å². The Labute approximate surface area is 112 Å². The van der Waals surface area contributed by atoms with Crippen molar-refractivity contribution in [3.63, 3.8) is 0 Å². The SMILES string of the molecule is COCC(C)NC(=O)COc1ccc(Cl)c(C)c1. The predicted molar refractivity (Wildman–Crippen MR) is 71.2 cm³/mol. The highest BCUT2D eigenvalue weighted by atomic mass is 35.5. The highest BCUT2D eigenvalue weighted by Crippen LogP contribution is 2.20. The molecular weight excluding hydrogens is 254 g/mol. The third kappa shape index (κ3) is 4.94. The van der Waals surface area contributed by atoms with Crippen LogP contribution in [-0.2, 0) is 9.53 Å². The molecule has 100 valence electrons. The monoisotopic (exact) mass is 271 g/mol. The quantitative estimate of drug-likeness (QED) is 0.863. The normalized spacial score (nSPS) is 12.0. The molecule has 1 aromatic rings. The van der Waals surface area contributed by atoms with Gasteiger partial charge < -0.3 is 14.8 Å². The van der Waals surface area contributed by atoms with Gasteiger partial charge in [-0.2, -0.15) is 0 Å². The van der Waals surface area contributed by atoms with Crippen LogP contribution in [0.25, 0.3) is 0 Å². The summed E-state index contributed by atoms with van der Waals surface area (Å²) in [6.07, 6.45) is 0. The Balaban J connectivity index is 2.40. The first-order chi connectivity index (χ1) is 8.52. The van der Waals surface area contributed by atoms with Crippen molar-refractivity contribution in [3.05, 3.63) is 28.8 Å². The van der Waals surface area contributed by atoms with Gasteiger partial charge in [-0.25, -0.2) is 0 Å². The zero-order chi connectivity index (χ0) is 13.5. The van der Waals surface area contributed by atoms with Crippen LogP contribution >= 0.6 is 11.6 Å². The topological polar surface area (TPSA) is 47.6 Å². The highest BCUT2D eigenvalue weighted by Gasteiger charge is 2.08. The van der Waals surface area contributed by atoms with Crippen molar-refractivity contribution >= 4 is 17.5 Å². The molecule has 4 nitrogen and oxygen atoms in total. The fourth-order valence-corrected chi connectivity index (χ4v) is 1.58. The summed E-state index contributed by atoms with van der Waals surface area (Å²) < 4.78 is 10.3. The molecule has 1 N–H and O–H groups in total. The van der Waals surface area contributed by atoms with Gasteiger partial charge in [0, 0.05) is 18.2 Å². The fourth-order valence-electron chi connectivity index (χ4n) is 1.46. The van der Waals surface area contributed by atoms with Crippen LogP contribution in [0.1, 0.15) is 12.5 Å². The molecule has 0 saturated heterocycles. The molecule has 1 amide bonds. The zero-order valence-corrected chi connectivity index (χ0v) is 11.6. The number of methoxy groups -OCH3 is 1. The first-order valence-corrected chi connectivity index (χ1v) is 6.08. The molecule has 0 saturated carbocycles. The van der Waals surface area contributed by atoms with Gasteiger partial charge in [-0.05, 0) is 37.6 Å². The van der Waals surface area contributed by atoms with Gasteiger partial charge in [-0.15, -0.1) is 0 Å². The molecule has 0 fully saturated rings. The Morgan fingerprint density at radius 3 is 2.83 bits per heavy atom. The lowest BCUT2D eigenvalue weighted by Crippen LogP contribution is -2.38. The summed E-state index contributed by atoms with van der Waals surface area (Å²) in [5, 5.41) is 3.44. The van der Waals surface area contributed by atoms with Crippen LogP contribution in [0.3, 0.4) is 0 Å². The first kappa shape index (κ1) is 14.8. The lowest BCUT2D eigenvalue weighted by atomic mass is 10.2. The predicted octanol–water partition coefficient (Wildman–Crippen LogP) is 2.18. The minimum Gasteiger partial charge on any atom is -0.484 e. The molecule has 0 bridgehead atoms. The average Bonchev–Trinajstić information content (AvgIpc) is 2.31.